The van der Waals surface area contributed by atoms with Gasteiger partial charge in [-0.25, -0.2) is 14.4 Å². The highest BCUT2D eigenvalue weighted by molar-refractivity contribution is 5.79. The Morgan fingerprint density at radius 1 is 1.18 bits per heavy atom. The number of hydrogen-bond donors (Lipinski definition) is 0. The van der Waals surface area contributed by atoms with Crippen LogP contribution in [0, 0.1) is 5.82 Å². The van der Waals surface area contributed by atoms with E-state index in [2.05, 4.69) is 9.97 Å². The van der Waals surface area contributed by atoms with Gasteiger partial charge < -0.3 is 4.90 Å². The minimum absolute atomic E-state index is 0.0249. The number of nitrogens with zero attached hydrogens (tertiary/aromatic N) is 4. The molecule has 1 aliphatic rings. The molecule has 1 fully saturated rings. The molecule has 3 aromatic rings. The highest BCUT2D eigenvalue weighted by Gasteiger charge is 2.26. The zero-order chi connectivity index (χ0) is 19.3. The molecule has 1 amide bonds. The Balaban J connectivity index is 1.47. The lowest BCUT2D eigenvalue weighted by atomic mass is 9.94. The predicted molar refractivity (Wildman–Crippen MR) is 104 cm³/mol. The van der Waals surface area contributed by atoms with Gasteiger partial charge in [0.2, 0.25) is 5.91 Å². The average Bonchev–Trinajstić information content (AvgIpc) is 2.74. The van der Waals surface area contributed by atoms with Gasteiger partial charge in [-0.2, -0.15) is 0 Å². The molecule has 3 heterocycles. The molecule has 142 valence electrons. The molecular weight excluding hydrogens is 355 g/mol. The van der Waals surface area contributed by atoms with Gasteiger partial charge in [0.15, 0.2) is 5.82 Å². The number of likely N-dealkylation sites (tertiary alicyclic amines) is 1. The van der Waals surface area contributed by atoms with Crippen molar-refractivity contribution in [3.63, 3.8) is 0 Å². The number of hydrogen-bond acceptors (Lipinski definition) is 4. The topological polar surface area (TPSA) is 59.0 Å². The molecule has 1 saturated heterocycles. The summed E-state index contributed by atoms with van der Waals surface area (Å²) >= 11 is 0. The molecular formula is C22H21FN4O. The highest BCUT2D eigenvalue weighted by atomic mass is 19.1. The van der Waals surface area contributed by atoms with Crippen LogP contribution in [0.3, 0.4) is 0 Å². The Hall–Kier alpha value is -3.15. The Labute approximate surface area is 163 Å². The van der Waals surface area contributed by atoms with Crippen LogP contribution in [-0.4, -0.2) is 38.8 Å². The molecule has 1 aliphatic heterocycles. The molecule has 0 radical (unpaired) electrons. The lowest BCUT2D eigenvalue weighted by molar-refractivity contribution is -0.131. The molecule has 1 unspecified atom stereocenters. The van der Waals surface area contributed by atoms with Gasteiger partial charge in [-0.15, -0.1) is 0 Å². The second-order valence-electron chi connectivity index (χ2n) is 7.03. The van der Waals surface area contributed by atoms with E-state index in [0.29, 0.717) is 17.9 Å². The second-order valence-corrected chi connectivity index (χ2v) is 7.03. The summed E-state index contributed by atoms with van der Waals surface area (Å²) in [5, 5.41) is 0. The van der Waals surface area contributed by atoms with Gasteiger partial charge in [-0.3, -0.25) is 9.78 Å². The van der Waals surface area contributed by atoms with Gasteiger partial charge in [-0.05, 0) is 48.7 Å². The van der Waals surface area contributed by atoms with E-state index in [0.717, 1.165) is 30.6 Å². The minimum Gasteiger partial charge on any atom is -0.342 e. The second kappa shape index (κ2) is 8.25. The van der Waals surface area contributed by atoms with Crippen LogP contribution < -0.4 is 0 Å². The number of pyridine rings is 1. The number of piperidine rings is 1. The molecule has 0 bridgehead atoms. The molecule has 28 heavy (non-hydrogen) atoms. The SMILES string of the molecule is O=C(Cc1cccc(F)c1)N1CCCC(c2ccnc(-c3cccnc3)n2)C1. The fraction of sp³-hybridized carbons (Fsp3) is 0.273. The monoisotopic (exact) mass is 376 g/mol. The zero-order valence-electron chi connectivity index (χ0n) is 15.5. The van der Waals surface area contributed by atoms with Gasteiger partial charge in [-0.1, -0.05) is 12.1 Å². The maximum absolute atomic E-state index is 13.4. The van der Waals surface area contributed by atoms with E-state index in [4.69, 9.17) is 4.98 Å². The standard InChI is InChI=1S/C22H21FN4O/c23-19-7-1-4-16(12-19)13-21(28)27-11-3-6-18(15-27)20-8-10-25-22(26-20)17-5-2-9-24-14-17/h1-2,4-5,7-10,12,14,18H,3,6,11,13,15H2. The van der Waals surface area contributed by atoms with Gasteiger partial charge in [0.25, 0.3) is 0 Å². The lowest BCUT2D eigenvalue weighted by Gasteiger charge is -2.32. The van der Waals surface area contributed by atoms with Crippen LogP contribution in [0.5, 0.6) is 0 Å². The summed E-state index contributed by atoms with van der Waals surface area (Å²) in [4.78, 5) is 27.8. The molecule has 0 aliphatic carbocycles. The third-order valence-corrected chi connectivity index (χ3v) is 5.03. The van der Waals surface area contributed by atoms with Crippen molar-refractivity contribution in [2.45, 2.75) is 25.2 Å². The summed E-state index contributed by atoms with van der Waals surface area (Å²) < 4.78 is 13.4. The fourth-order valence-corrected chi connectivity index (χ4v) is 3.61. The Morgan fingerprint density at radius 2 is 2.11 bits per heavy atom. The first-order valence-corrected chi connectivity index (χ1v) is 9.44. The van der Waals surface area contributed by atoms with E-state index in [-0.39, 0.29) is 24.1 Å². The molecule has 5 nitrogen and oxygen atoms in total. The Bertz CT molecular complexity index is 964. The van der Waals surface area contributed by atoms with Gasteiger partial charge >= 0.3 is 0 Å². The van der Waals surface area contributed by atoms with Crippen molar-refractivity contribution < 1.29 is 9.18 Å². The number of carbonyl (C=O) groups excluding carboxylic acids is 1. The third kappa shape index (κ3) is 4.22. The lowest BCUT2D eigenvalue weighted by Crippen LogP contribution is -2.40. The van der Waals surface area contributed by atoms with Crippen LogP contribution in [0.2, 0.25) is 0 Å². The summed E-state index contributed by atoms with van der Waals surface area (Å²) in [5.74, 6) is 0.528. The largest absolute Gasteiger partial charge is 0.342 e. The van der Waals surface area contributed by atoms with Gasteiger partial charge in [0.05, 0.1) is 6.42 Å². The molecule has 4 rings (SSSR count). The zero-order valence-corrected chi connectivity index (χ0v) is 15.5. The summed E-state index contributed by atoms with van der Waals surface area (Å²) in [5.41, 5.74) is 2.52. The van der Waals surface area contributed by atoms with Crippen molar-refractivity contribution in [2.75, 3.05) is 13.1 Å². The van der Waals surface area contributed by atoms with E-state index in [9.17, 15) is 9.18 Å². The Morgan fingerprint density at radius 3 is 2.93 bits per heavy atom. The van der Waals surface area contributed by atoms with Crippen LogP contribution in [0.25, 0.3) is 11.4 Å². The van der Waals surface area contributed by atoms with Crippen LogP contribution in [0.15, 0.2) is 61.1 Å². The van der Waals surface area contributed by atoms with Gasteiger partial charge in [0, 0.05) is 48.9 Å². The van der Waals surface area contributed by atoms with E-state index in [1.165, 1.54) is 12.1 Å². The number of carbonyl (C=O) groups is 1. The van der Waals surface area contributed by atoms with Crippen molar-refractivity contribution in [2.24, 2.45) is 0 Å². The van der Waals surface area contributed by atoms with E-state index in [1.54, 1.807) is 30.7 Å². The first-order chi connectivity index (χ1) is 13.7. The number of halogens is 1. The van der Waals surface area contributed by atoms with Crippen LogP contribution >= 0.6 is 0 Å². The minimum atomic E-state index is -0.314. The number of amides is 1. The van der Waals surface area contributed by atoms with Crippen molar-refractivity contribution in [1.29, 1.82) is 0 Å². The summed E-state index contributed by atoms with van der Waals surface area (Å²) in [7, 11) is 0. The number of benzene rings is 1. The number of aromatic nitrogens is 3. The van der Waals surface area contributed by atoms with Crippen molar-refractivity contribution in [3.05, 3.63) is 78.1 Å². The number of rotatable bonds is 4. The molecule has 6 heteroatoms. The molecule has 0 spiro atoms. The third-order valence-electron chi connectivity index (χ3n) is 5.03. The van der Waals surface area contributed by atoms with Crippen LogP contribution in [-0.2, 0) is 11.2 Å². The smallest absolute Gasteiger partial charge is 0.227 e. The van der Waals surface area contributed by atoms with E-state index in [1.807, 2.05) is 23.1 Å². The molecule has 1 atom stereocenters. The molecule has 2 aromatic heterocycles. The fourth-order valence-electron chi connectivity index (χ4n) is 3.61. The maximum atomic E-state index is 13.4. The average molecular weight is 376 g/mol. The highest BCUT2D eigenvalue weighted by Crippen LogP contribution is 2.27. The maximum Gasteiger partial charge on any atom is 0.227 e. The quantitative estimate of drug-likeness (QED) is 0.698. The predicted octanol–water partition coefficient (Wildman–Crippen LogP) is 3.63. The normalized spacial score (nSPS) is 16.8. The first kappa shape index (κ1) is 18.2. The van der Waals surface area contributed by atoms with E-state index < -0.39 is 0 Å². The molecule has 0 saturated carbocycles. The van der Waals surface area contributed by atoms with Gasteiger partial charge in [0.1, 0.15) is 5.82 Å². The first-order valence-electron chi connectivity index (χ1n) is 9.44. The van der Waals surface area contributed by atoms with E-state index >= 15 is 0 Å². The van der Waals surface area contributed by atoms with Crippen LogP contribution in [0.1, 0.15) is 30.0 Å². The summed E-state index contributed by atoms with van der Waals surface area (Å²) in [6, 6.07) is 11.9. The molecule has 0 N–H and O–H groups in total. The summed E-state index contributed by atoms with van der Waals surface area (Å²) in [6.07, 6.45) is 7.35. The van der Waals surface area contributed by atoms with Crippen molar-refractivity contribution >= 4 is 5.91 Å². The van der Waals surface area contributed by atoms with Crippen molar-refractivity contribution in [1.82, 2.24) is 19.9 Å². The van der Waals surface area contributed by atoms with Crippen LogP contribution in [0.4, 0.5) is 4.39 Å². The Kier molecular flexibility index (Phi) is 5.37. The summed E-state index contributed by atoms with van der Waals surface area (Å²) in [6.45, 7) is 1.35. The molecule has 1 aromatic carbocycles. The van der Waals surface area contributed by atoms with Crippen molar-refractivity contribution in [3.8, 4) is 11.4 Å².